The van der Waals surface area contributed by atoms with Gasteiger partial charge in [-0.25, -0.2) is 0 Å². The van der Waals surface area contributed by atoms with Crippen LogP contribution >= 0.6 is 0 Å². The highest BCUT2D eigenvalue weighted by atomic mass is 16.7. The summed E-state index contributed by atoms with van der Waals surface area (Å²) in [4.78, 5) is 13.2. The van der Waals surface area contributed by atoms with Crippen molar-refractivity contribution in [3.8, 4) is 0 Å². The van der Waals surface area contributed by atoms with E-state index in [0.717, 1.165) is 57.8 Å². The molecule has 0 spiro atoms. The maximum absolute atomic E-state index is 13.2. The Morgan fingerprint density at radius 2 is 0.851 bits per heavy atom. The van der Waals surface area contributed by atoms with Gasteiger partial charge in [-0.05, 0) is 44.9 Å². The van der Waals surface area contributed by atoms with E-state index < -0.39 is 86.8 Å². The minimum absolute atomic E-state index is 0.245. The van der Waals surface area contributed by atoms with Crippen LogP contribution in [-0.2, 0) is 23.7 Å². The van der Waals surface area contributed by atoms with E-state index >= 15 is 0 Å². The average molecular weight is 1060 g/mol. The zero-order valence-corrected chi connectivity index (χ0v) is 46.8. The first-order chi connectivity index (χ1) is 36.1. The molecule has 12 atom stereocenters. The van der Waals surface area contributed by atoms with Gasteiger partial charge in [0.05, 0.1) is 32.0 Å². The zero-order chi connectivity index (χ0) is 53.9. The van der Waals surface area contributed by atoms with Gasteiger partial charge < -0.3 is 65.1 Å². The van der Waals surface area contributed by atoms with E-state index in [0.29, 0.717) is 6.42 Å². The lowest BCUT2D eigenvalue weighted by molar-refractivity contribution is -0.359. The van der Waals surface area contributed by atoms with Crippen LogP contribution in [0.4, 0.5) is 0 Å². The molecule has 2 heterocycles. The second-order valence-corrected chi connectivity index (χ2v) is 21.8. The number of aliphatic hydroxyl groups excluding tert-OH is 8. The summed E-state index contributed by atoms with van der Waals surface area (Å²) in [5.41, 5.74) is 0. The Bertz CT molecular complexity index is 1340. The first kappa shape index (κ1) is 68.6. The van der Waals surface area contributed by atoms with Crippen molar-refractivity contribution in [1.29, 1.82) is 0 Å². The lowest BCUT2D eigenvalue weighted by atomic mass is 9.97. The van der Waals surface area contributed by atoms with E-state index in [2.05, 4.69) is 31.3 Å². The number of hydrogen-bond donors (Lipinski definition) is 9. The highest BCUT2D eigenvalue weighted by Gasteiger charge is 2.51. The van der Waals surface area contributed by atoms with E-state index in [1.54, 1.807) is 6.08 Å². The Kier molecular flexibility index (Phi) is 43.0. The van der Waals surface area contributed by atoms with Crippen molar-refractivity contribution in [2.45, 2.75) is 331 Å². The molecule has 2 aliphatic heterocycles. The molecule has 0 radical (unpaired) electrons. The van der Waals surface area contributed by atoms with E-state index in [9.17, 15) is 45.6 Å². The quantitative estimate of drug-likeness (QED) is 0.0204. The molecular weight excluding hydrogens is 943 g/mol. The summed E-state index contributed by atoms with van der Waals surface area (Å²) in [6.45, 7) is 2.81. The topological polar surface area (TPSA) is 228 Å². The van der Waals surface area contributed by atoms with Crippen LogP contribution in [0.5, 0.6) is 0 Å². The van der Waals surface area contributed by atoms with Crippen LogP contribution < -0.4 is 5.32 Å². The molecule has 0 aromatic carbocycles. The van der Waals surface area contributed by atoms with Gasteiger partial charge in [-0.1, -0.05) is 231 Å². The number of hydrogen-bond acceptors (Lipinski definition) is 13. The summed E-state index contributed by atoms with van der Waals surface area (Å²) in [6, 6.07) is -0.917. The van der Waals surface area contributed by atoms with Gasteiger partial charge in [0.1, 0.15) is 48.8 Å². The zero-order valence-electron chi connectivity index (χ0n) is 46.8. The number of carbonyl (C=O) groups excluding carboxylic acids is 1. The maximum Gasteiger partial charge on any atom is 0.220 e. The fraction of sp³-hybridized carbons (Fsp3) is 0.917. The third-order valence-corrected chi connectivity index (χ3v) is 15.1. The van der Waals surface area contributed by atoms with Gasteiger partial charge in [-0.15, -0.1) is 0 Å². The van der Waals surface area contributed by atoms with Crippen molar-refractivity contribution in [1.82, 2.24) is 5.32 Å². The molecule has 0 saturated carbocycles. The molecule has 14 nitrogen and oxygen atoms in total. The number of ether oxygens (including phenoxy) is 4. The molecular formula is C60H113NO13. The molecule has 436 valence electrons. The number of unbranched alkanes of at least 4 members (excludes halogenated alkanes) is 34. The minimum Gasteiger partial charge on any atom is -0.394 e. The van der Waals surface area contributed by atoms with E-state index in [1.807, 2.05) is 6.08 Å². The van der Waals surface area contributed by atoms with E-state index in [1.165, 1.54) is 173 Å². The van der Waals surface area contributed by atoms with Crippen molar-refractivity contribution < 1.29 is 64.6 Å². The van der Waals surface area contributed by atoms with Gasteiger partial charge >= 0.3 is 0 Å². The van der Waals surface area contributed by atoms with Crippen molar-refractivity contribution in [3.05, 3.63) is 24.3 Å². The second kappa shape index (κ2) is 46.4. The third-order valence-electron chi connectivity index (χ3n) is 15.1. The predicted molar refractivity (Wildman–Crippen MR) is 295 cm³/mol. The number of aliphatic hydroxyl groups is 8. The van der Waals surface area contributed by atoms with Gasteiger partial charge in [0.15, 0.2) is 12.6 Å². The second-order valence-electron chi connectivity index (χ2n) is 21.8. The van der Waals surface area contributed by atoms with Crippen LogP contribution in [0, 0.1) is 0 Å². The summed E-state index contributed by atoms with van der Waals surface area (Å²) >= 11 is 0. The molecule has 1 amide bonds. The van der Waals surface area contributed by atoms with Crippen LogP contribution in [-0.4, -0.2) is 140 Å². The molecule has 0 aromatic rings. The standard InChI is InChI=1S/C60H113NO13/c1-3-5-7-9-11-13-15-17-19-20-21-22-23-24-25-26-27-28-30-31-33-35-37-39-41-43-49(64)48(61-52(65)44-42-40-38-36-34-32-29-18-16-14-12-10-8-6-4-2)47-71-59-57(70)55(68)58(51(46-63)73-59)74-60-56(69)54(67)53(66)50(45-62)72-60/h18,29,41,43,48-51,53-60,62-64,66-70H,3-17,19-28,30-40,42,44-47H2,1-2H3,(H,61,65)/b29-18-,43-41+. The molecule has 14 heteroatoms. The van der Waals surface area contributed by atoms with Gasteiger partial charge in [0.2, 0.25) is 5.91 Å². The monoisotopic (exact) mass is 1060 g/mol. The van der Waals surface area contributed by atoms with Crippen molar-refractivity contribution in [3.63, 3.8) is 0 Å². The third kappa shape index (κ3) is 31.8. The maximum atomic E-state index is 13.2. The minimum atomic E-state index is -1.79. The number of carbonyl (C=O) groups is 1. The molecule has 2 rings (SSSR count). The van der Waals surface area contributed by atoms with Crippen LogP contribution in [0.15, 0.2) is 24.3 Å². The SMILES string of the molecule is CCCCCCCC/C=C\CCCCCCCC(=O)NC(COC1OC(CO)C(OC2OC(CO)C(O)C(O)C2O)C(O)C1O)C(O)/C=C/CCCCCCCCCCCCCCCCCCCCCCCCC. The molecule has 0 aromatic heterocycles. The lowest BCUT2D eigenvalue weighted by Crippen LogP contribution is -2.65. The Labute approximate surface area is 449 Å². The van der Waals surface area contributed by atoms with Gasteiger partial charge in [0.25, 0.3) is 0 Å². The molecule has 12 unspecified atom stereocenters. The summed E-state index contributed by atoms with van der Waals surface area (Å²) in [6.07, 6.45) is 37.9. The van der Waals surface area contributed by atoms with Crippen LogP contribution in [0.3, 0.4) is 0 Å². The van der Waals surface area contributed by atoms with Crippen molar-refractivity contribution >= 4 is 5.91 Å². The lowest BCUT2D eigenvalue weighted by Gasteiger charge is -2.46. The van der Waals surface area contributed by atoms with Crippen LogP contribution in [0.2, 0.25) is 0 Å². The summed E-state index contributed by atoms with van der Waals surface area (Å²) in [5.74, 6) is -0.245. The van der Waals surface area contributed by atoms with E-state index in [4.69, 9.17) is 18.9 Å². The smallest absolute Gasteiger partial charge is 0.220 e. The summed E-state index contributed by atoms with van der Waals surface area (Å²) in [5, 5.41) is 87.1. The summed E-state index contributed by atoms with van der Waals surface area (Å²) in [7, 11) is 0. The van der Waals surface area contributed by atoms with Gasteiger partial charge in [-0.2, -0.15) is 0 Å². The van der Waals surface area contributed by atoms with Gasteiger partial charge in [0, 0.05) is 6.42 Å². The van der Waals surface area contributed by atoms with Crippen LogP contribution in [0.25, 0.3) is 0 Å². The molecule has 0 aliphatic carbocycles. The predicted octanol–water partition coefficient (Wildman–Crippen LogP) is 10.4. The molecule has 9 N–H and O–H groups in total. The number of amides is 1. The summed E-state index contributed by atoms with van der Waals surface area (Å²) < 4.78 is 22.8. The fourth-order valence-corrected chi connectivity index (χ4v) is 10.2. The number of allylic oxidation sites excluding steroid dienone is 3. The fourth-order valence-electron chi connectivity index (χ4n) is 10.2. The molecule has 2 aliphatic rings. The number of rotatable bonds is 49. The number of nitrogens with one attached hydrogen (secondary N) is 1. The molecule has 74 heavy (non-hydrogen) atoms. The molecule has 0 bridgehead atoms. The van der Waals surface area contributed by atoms with Gasteiger partial charge in [-0.3, -0.25) is 4.79 Å². The highest BCUT2D eigenvalue weighted by Crippen LogP contribution is 2.30. The Morgan fingerprint density at radius 1 is 0.473 bits per heavy atom. The average Bonchev–Trinajstić information content (AvgIpc) is 3.40. The van der Waals surface area contributed by atoms with E-state index in [-0.39, 0.29) is 18.9 Å². The van der Waals surface area contributed by atoms with Crippen LogP contribution in [0.1, 0.15) is 258 Å². The highest BCUT2D eigenvalue weighted by molar-refractivity contribution is 5.76. The Balaban J connectivity index is 1.74. The molecule has 2 fully saturated rings. The largest absolute Gasteiger partial charge is 0.394 e. The van der Waals surface area contributed by atoms with Crippen molar-refractivity contribution in [2.75, 3.05) is 19.8 Å². The Morgan fingerprint density at radius 3 is 1.28 bits per heavy atom. The first-order valence-corrected chi connectivity index (χ1v) is 30.6. The first-order valence-electron chi connectivity index (χ1n) is 30.6. The van der Waals surface area contributed by atoms with Crippen molar-refractivity contribution in [2.24, 2.45) is 0 Å². The normalized spacial score (nSPS) is 25.3. The Hall–Kier alpha value is -1.53. The molecule has 2 saturated heterocycles.